The Labute approximate surface area is 198 Å². The smallest absolute Gasteiger partial charge is 0.223 e. The van der Waals surface area contributed by atoms with Crippen molar-refractivity contribution in [1.29, 1.82) is 0 Å². The van der Waals surface area contributed by atoms with Crippen molar-refractivity contribution in [3.8, 4) is 22.8 Å². The van der Waals surface area contributed by atoms with Gasteiger partial charge < -0.3 is 19.3 Å². The lowest BCUT2D eigenvalue weighted by atomic mass is 10.1. The van der Waals surface area contributed by atoms with Crippen LogP contribution in [0.1, 0.15) is 6.42 Å². The maximum atomic E-state index is 12.6. The summed E-state index contributed by atoms with van der Waals surface area (Å²) in [5, 5.41) is 8.83. The average Bonchev–Trinajstić information content (AvgIpc) is 2.89. The number of hydrogen-bond donors (Lipinski definition) is 0. The highest BCUT2D eigenvalue weighted by Crippen LogP contribution is 2.31. The lowest BCUT2D eigenvalue weighted by molar-refractivity contribution is -0.131. The molecule has 0 aliphatic carbocycles. The molecule has 1 fully saturated rings. The van der Waals surface area contributed by atoms with E-state index in [-0.39, 0.29) is 5.91 Å². The number of benzene rings is 2. The highest BCUT2D eigenvalue weighted by molar-refractivity contribution is 7.99. The van der Waals surface area contributed by atoms with Crippen molar-refractivity contribution in [2.24, 2.45) is 0 Å². The summed E-state index contributed by atoms with van der Waals surface area (Å²) in [4.78, 5) is 17.9. The molecule has 1 saturated heterocycles. The molecule has 8 heteroatoms. The fourth-order valence-corrected chi connectivity index (χ4v) is 4.62. The molecule has 0 unspecified atom stereocenters. The lowest BCUT2D eigenvalue weighted by Gasteiger charge is -2.35. The molecule has 0 atom stereocenters. The highest BCUT2D eigenvalue weighted by Gasteiger charge is 2.22. The van der Waals surface area contributed by atoms with Crippen molar-refractivity contribution in [3.05, 3.63) is 60.7 Å². The van der Waals surface area contributed by atoms with E-state index in [4.69, 9.17) is 9.47 Å². The van der Waals surface area contributed by atoms with E-state index in [1.807, 2.05) is 53.4 Å². The summed E-state index contributed by atoms with van der Waals surface area (Å²) >= 11 is 1.72. The van der Waals surface area contributed by atoms with Crippen molar-refractivity contribution >= 4 is 23.5 Å². The van der Waals surface area contributed by atoms with Gasteiger partial charge in [-0.2, -0.15) is 0 Å². The maximum absolute atomic E-state index is 12.6. The summed E-state index contributed by atoms with van der Waals surface area (Å²) in [6.07, 6.45) is 0.555. The predicted octanol–water partition coefficient (Wildman–Crippen LogP) is 3.99. The third kappa shape index (κ3) is 5.76. The number of ether oxygens (including phenoxy) is 2. The molecule has 7 nitrogen and oxygen atoms in total. The largest absolute Gasteiger partial charge is 0.493 e. The molecular formula is C25H28N4O3S. The van der Waals surface area contributed by atoms with Gasteiger partial charge in [-0.3, -0.25) is 4.79 Å². The average molecular weight is 465 g/mol. The Hall–Kier alpha value is -3.26. The van der Waals surface area contributed by atoms with Crippen LogP contribution in [-0.4, -0.2) is 67.2 Å². The van der Waals surface area contributed by atoms with Gasteiger partial charge in [0, 0.05) is 48.8 Å². The van der Waals surface area contributed by atoms with Gasteiger partial charge in [-0.25, -0.2) is 0 Å². The Morgan fingerprint density at radius 3 is 2.33 bits per heavy atom. The zero-order valence-electron chi connectivity index (χ0n) is 18.9. The van der Waals surface area contributed by atoms with Gasteiger partial charge in [0.1, 0.15) is 0 Å². The normalized spacial score (nSPS) is 13.6. The summed E-state index contributed by atoms with van der Waals surface area (Å²) in [5.41, 5.74) is 1.68. The van der Waals surface area contributed by atoms with E-state index in [1.54, 1.807) is 26.0 Å². The van der Waals surface area contributed by atoms with Crippen molar-refractivity contribution < 1.29 is 14.3 Å². The van der Waals surface area contributed by atoms with Crippen LogP contribution in [0.5, 0.6) is 11.5 Å². The molecule has 0 spiro atoms. The quantitative estimate of drug-likeness (QED) is 0.467. The molecule has 1 amide bonds. The second-order valence-electron chi connectivity index (χ2n) is 7.63. The number of piperazine rings is 1. The van der Waals surface area contributed by atoms with Crippen molar-refractivity contribution in [2.75, 3.05) is 51.1 Å². The highest BCUT2D eigenvalue weighted by atomic mass is 32.2. The second kappa shape index (κ2) is 11.0. The number of hydrogen-bond acceptors (Lipinski definition) is 7. The topological polar surface area (TPSA) is 67.8 Å². The number of carbonyl (C=O) groups excluding carboxylic acids is 1. The van der Waals surface area contributed by atoms with Gasteiger partial charge >= 0.3 is 0 Å². The minimum atomic E-state index is 0.216. The molecule has 0 bridgehead atoms. The minimum Gasteiger partial charge on any atom is -0.493 e. The van der Waals surface area contributed by atoms with Gasteiger partial charge in [0.25, 0.3) is 0 Å². The molecule has 2 heterocycles. The molecule has 0 saturated carbocycles. The monoisotopic (exact) mass is 464 g/mol. The summed E-state index contributed by atoms with van der Waals surface area (Å²) in [6.45, 7) is 2.91. The van der Waals surface area contributed by atoms with E-state index in [0.717, 1.165) is 35.9 Å². The van der Waals surface area contributed by atoms with E-state index in [9.17, 15) is 4.79 Å². The molecule has 172 valence electrons. The third-order valence-electron chi connectivity index (χ3n) is 5.61. The Balaban J connectivity index is 1.28. The Morgan fingerprint density at radius 1 is 0.909 bits per heavy atom. The SMILES string of the molecule is COc1ccc(-c2ccc(N3CCN(C(=O)CCSc4ccccc4)CC3)nn2)cc1OC. The van der Waals surface area contributed by atoms with Crippen LogP contribution in [0.2, 0.25) is 0 Å². The van der Waals surface area contributed by atoms with Gasteiger partial charge in [0.2, 0.25) is 5.91 Å². The van der Waals surface area contributed by atoms with E-state index in [2.05, 4.69) is 27.2 Å². The van der Waals surface area contributed by atoms with Crippen molar-refractivity contribution in [3.63, 3.8) is 0 Å². The summed E-state index contributed by atoms with van der Waals surface area (Å²) in [7, 11) is 3.23. The molecule has 1 aliphatic heterocycles. The van der Waals surface area contributed by atoms with E-state index >= 15 is 0 Å². The summed E-state index contributed by atoms with van der Waals surface area (Å²) in [5.74, 6) is 3.17. The third-order valence-corrected chi connectivity index (χ3v) is 6.63. The first-order valence-corrected chi connectivity index (χ1v) is 11.9. The second-order valence-corrected chi connectivity index (χ2v) is 8.79. The van der Waals surface area contributed by atoms with Crippen LogP contribution in [0.3, 0.4) is 0 Å². The minimum absolute atomic E-state index is 0.216. The lowest BCUT2D eigenvalue weighted by Crippen LogP contribution is -2.49. The number of amides is 1. The predicted molar refractivity (Wildman–Crippen MR) is 131 cm³/mol. The van der Waals surface area contributed by atoms with Gasteiger partial charge in [-0.1, -0.05) is 18.2 Å². The molecule has 2 aromatic carbocycles. The molecule has 1 aliphatic rings. The van der Waals surface area contributed by atoms with E-state index in [1.165, 1.54) is 4.90 Å². The van der Waals surface area contributed by atoms with E-state index < -0.39 is 0 Å². The first kappa shape index (κ1) is 22.9. The molecule has 3 aromatic rings. The maximum Gasteiger partial charge on any atom is 0.223 e. The van der Waals surface area contributed by atoms with Gasteiger partial charge in [0.05, 0.1) is 19.9 Å². The standard InChI is InChI=1S/C25H28N4O3S/c1-31-22-10-8-19(18-23(22)32-2)21-9-11-24(27-26-21)28-13-15-29(16-14-28)25(30)12-17-33-20-6-4-3-5-7-20/h3-11,18H,12-17H2,1-2H3. The number of thioether (sulfide) groups is 1. The molecule has 0 radical (unpaired) electrons. The molecule has 4 rings (SSSR count). The molecule has 0 N–H and O–H groups in total. The van der Waals surface area contributed by atoms with Crippen LogP contribution >= 0.6 is 11.8 Å². The van der Waals surface area contributed by atoms with Crippen LogP contribution in [0.25, 0.3) is 11.3 Å². The number of nitrogens with zero attached hydrogens (tertiary/aromatic N) is 4. The fraction of sp³-hybridized carbons (Fsp3) is 0.320. The summed E-state index contributed by atoms with van der Waals surface area (Å²) in [6, 6.07) is 19.8. The van der Waals surface area contributed by atoms with Crippen molar-refractivity contribution in [1.82, 2.24) is 15.1 Å². The first-order chi connectivity index (χ1) is 16.2. The number of methoxy groups -OCH3 is 2. The first-order valence-electron chi connectivity index (χ1n) is 10.9. The Bertz CT molecular complexity index is 1060. The van der Waals surface area contributed by atoms with Crippen molar-refractivity contribution in [2.45, 2.75) is 11.3 Å². The molecule has 1 aromatic heterocycles. The number of aromatic nitrogens is 2. The van der Waals surface area contributed by atoms with Crippen LogP contribution in [0.4, 0.5) is 5.82 Å². The zero-order chi connectivity index (χ0) is 23.0. The number of anilines is 1. The summed E-state index contributed by atoms with van der Waals surface area (Å²) < 4.78 is 10.7. The van der Waals surface area contributed by atoms with Crippen LogP contribution in [0.15, 0.2) is 65.6 Å². The van der Waals surface area contributed by atoms with Crippen LogP contribution in [-0.2, 0) is 4.79 Å². The van der Waals surface area contributed by atoms with Gasteiger partial charge in [0.15, 0.2) is 17.3 Å². The number of carbonyl (C=O) groups is 1. The Kier molecular flexibility index (Phi) is 7.67. The molecular weight excluding hydrogens is 436 g/mol. The van der Waals surface area contributed by atoms with E-state index in [0.29, 0.717) is 31.0 Å². The van der Waals surface area contributed by atoms with Crippen LogP contribution in [0, 0.1) is 0 Å². The van der Waals surface area contributed by atoms with Gasteiger partial charge in [-0.05, 0) is 42.5 Å². The zero-order valence-corrected chi connectivity index (χ0v) is 19.8. The van der Waals surface area contributed by atoms with Gasteiger partial charge in [-0.15, -0.1) is 22.0 Å². The van der Waals surface area contributed by atoms with Crippen LogP contribution < -0.4 is 14.4 Å². The Morgan fingerprint density at radius 2 is 1.67 bits per heavy atom. The number of rotatable bonds is 8. The molecule has 33 heavy (non-hydrogen) atoms. The fourth-order valence-electron chi connectivity index (χ4n) is 3.76.